The minimum absolute atomic E-state index is 1.02. The zero-order valence-corrected chi connectivity index (χ0v) is 8.02. The lowest BCUT2D eigenvalue weighted by atomic mass is 10.1. The van der Waals surface area contributed by atoms with Gasteiger partial charge in [0.25, 0.3) is 0 Å². The summed E-state index contributed by atoms with van der Waals surface area (Å²) < 4.78 is 0. The summed E-state index contributed by atoms with van der Waals surface area (Å²) in [6, 6.07) is 0. The van der Waals surface area contributed by atoms with E-state index in [2.05, 4.69) is 22.1 Å². The summed E-state index contributed by atoms with van der Waals surface area (Å²) in [5.41, 5.74) is 2.42. The van der Waals surface area contributed by atoms with Crippen LogP contribution in [0, 0.1) is 6.92 Å². The molecule has 0 amide bonds. The zero-order chi connectivity index (χ0) is 8.97. The molecule has 0 aromatic carbocycles. The number of hydrogen-bond donors (Lipinski definition) is 1. The molecule has 1 aromatic rings. The monoisotopic (exact) mass is 164 g/mol. The van der Waals surface area contributed by atoms with Crippen molar-refractivity contribution in [2.24, 2.45) is 0 Å². The number of nitrogens with one attached hydrogen (secondary N) is 1. The molecule has 1 aliphatic carbocycles. The zero-order valence-electron chi connectivity index (χ0n) is 8.02. The van der Waals surface area contributed by atoms with Gasteiger partial charge in [-0.3, -0.25) is 0 Å². The molecule has 0 radical (unpaired) electrons. The maximum absolute atomic E-state index is 4.31. The summed E-state index contributed by atoms with van der Waals surface area (Å²) in [5.74, 6) is 1.02. The average molecular weight is 164 g/mol. The van der Waals surface area contributed by atoms with Gasteiger partial charge in [0.15, 0.2) is 0 Å². The van der Waals surface area contributed by atoms with Crippen molar-refractivity contribution in [3.05, 3.63) is 23.3 Å². The molecule has 0 bridgehead atoms. The van der Waals surface area contributed by atoms with Gasteiger partial charge in [0.1, 0.15) is 5.82 Å². The summed E-state index contributed by atoms with van der Waals surface area (Å²) >= 11 is 0. The second kappa shape index (κ2) is 4.10. The molecule has 2 rings (SSSR count). The van der Waals surface area contributed by atoms with Crippen LogP contribution in [0.15, 0.2) is 6.08 Å². The van der Waals surface area contributed by atoms with Crippen LogP contribution in [0.25, 0.3) is 6.08 Å². The van der Waals surface area contributed by atoms with Gasteiger partial charge in [-0.05, 0) is 25.8 Å². The molecule has 1 N–H and O–H groups in total. The predicted octanol–water partition coefficient (Wildman–Crippen LogP) is 2.70. The molecule has 1 heterocycles. The van der Waals surface area contributed by atoms with Crippen LogP contribution in [0.5, 0.6) is 0 Å². The van der Waals surface area contributed by atoms with Crippen LogP contribution >= 0.6 is 0 Å². The Morgan fingerprint density at radius 2 is 2.17 bits per heavy atom. The first kappa shape index (κ1) is 9.04. The van der Waals surface area contributed by atoms with Crippen LogP contribution in [0.1, 0.15) is 37.5 Å². The third-order valence-corrected chi connectivity index (χ3v) is 1.77. The first-order valence-electron chi connectivity index (χ1n) is 4.58. The van der Waals surface area contributed by atoms with Crippen molar-refractivity contribution in [3.8, 4) is 0 Å². The van der Waals surface area contributed by atoms with E-state index in [1.165, 1.54) is 5.69 Å². The maximum atomic E-state index is 4.31. The van der Waals surface area contributed by atoms with Crippen molar-refractivity contribution in [1.29, 1.82) is 0 Å². The second-order valence-electron chi connectivity index (χ2n) is 2.63. The van der Waals surface area contributed by atoms with Crippen molar-refractivity contribution >= 4 is 6.08 Å². The van der Waals surface area contributed by atoms with Gasteiger partial charge >= 0.3 is 0 Å². The Morgan fingerprint density at radius 1 is 1.42 bits per heavy atom. The fraction of sp³-hybridized carbons (Fsp3) is 0.500. The minimum atomic E-state index is 1.02. The van der Waals surface area contributed by atoms with Gasteiger partial charge in [-0.25, -0.2) is 4.98 Å². The SMILES string of the molecule is CC.Cc1nc2c([nH]1)CCC=C2. The lowest BCUT2D eigenvalue weighted by Crippen LogP contribution is -1.91. The minimum Gasteiger partial charge on any atom is -0.346 e. The highest BCUT2D eigenvalue weighted by Crippen LogP contribution is 2.15. The number of imidazole rings is 1. The molecule has 0 atom stereocenters. The van der Waals surface area contributed by atoms with Crippen LogP contribution in [0.3, 0.4) is 0 Å². The maximum Gasteiger partial charge on any atom is 0.103 e. The molecule has 1 aliphatic rings. The summed E-state index contributed by atoms with van der Waals surface area (Å²) in [6.45, 7) is 5.99. The van der Waals surface area contributed by atoms with E-state index in [0.29, 0.717) is 0 Å². The first-order valence-corrected chi connectivity index (χ1v) is 4.58. The Bertz CT molecular complexity index is 271. The molecule has 12 heavy (non-hydrogen) atoms. The molecule has 1 aromatic heterocycles. The van der Waals surface area contributed by atoms with E-state index >= 15 is 0 Å². The average Bonchev–Trinajstić information content (AvgIpc) is 2.48. The number of H-pyrrole nitrogens is 1. The van der Waals surface area contributed by atoms with Gasteiger partial charge in [-0.2, -0.15) is 0 Å². The molecule has 0 spiro atoms. The standard InChI is InChI=1S/C8H10N2.C2H6/c1-6-9-7-4-2-3-5-8(7)10-6;1-2/h2,4H,3,5H2,1H3,(H,9,10);1-2H3. The largest absolute Gasteiger partial charge is 0.346 e. The van der Waals surface area contributed by atoms with Gasteiger partial charge < -0.3 is 4.98 Å². The topological polar surface area (TPSA) is 28.7 Å². The number of hydrogen-bond acceptors (Lipinski definition) is 1. The predicted molar refractivity (Wildman–Crippen MR) is 52.0 cm³/mol. The summed E-state index contributed by atoms with van der Waals surface area (Å²) in [5, 5.41) is 0. The van der Waals surface area contributed by atoms with E-state index in [0.717, 1.165) is 24.4 Å². The second-order valence-corrected chi connectivity index (χ2v) is 2.63. The Kier molecular flexibility index (Phi) is 3.09. The normalized spacial score (nSPS) is 13.2. The Balaban J connectivity index is 0.000000336. The molecule has 0 aliphatic heterocycles. The summed E-state index contributed by atoms with van der Waals surface area (Å²) in [6.07, 6.45) is 6.52. The fourth-order valence-corrected chi connectivity index (χ4v) is 1.31. The smallest absolute Gasteiger partial charge is 0.103 e. The van der Waals surface area contributed by atoms with E-state index in [1.54, 1.807) is 0 Å². The summed E-state index contributed by atoms with van der Waals surface area (Å²) in [4.78, 5) is 7.54. The van der Waals surface area contributed by atoms with Crippen LogP contribution in [0.2, 0.25) is 0 Å². The molecule has 2 heteroatoms. The highest BCUT2D eigenvalue weighted by Gasteiger charge is 2.06. The number of allylic oxidation sites excluding steroid dienone is 1. The summed E-state index contributed by atoms with van der Waals surface area (Å²) in [7, 11) is 0. The molecule has 0 unspecified atom stereocenters. The Labute approximate surface area is 73.7 Å². The number of aryl methyl sites for hydroxylation is 2. The van der Waals surface area contributed by atoms with Crippen molar-refractivity contribution in [1.82, 2.24) is 9.97 Å². The van der Waals surface area contributed by atoms with Gasteiger partial charge in [0.05, 0.1) is 5.69 Å². The molecule has 0 saturated carbocycles. The van der Waals surface area contributed by atoms with Crippen LogP contribution < -0.4 is 0 Å². The first-order chi connectivity index (χ1) is 5.86. The fourth-order valence-electron chi connectivity index (χ4n) is 1.31. The highest BCUT2D eigenvalue weighted by atomic mass is 14.9. The van der Waals surface area contributed by atoms with Crippen molar-refractivity contribution in [2.45, 2.75) is 33.6 Å². The highest BCUT2D eigenvalue weighted by molar-refractivity contribution is 5.50. The van der Waals surface area contributed by atoms with E-state index in [-0.39, 0.29) is 0 Å². The van der Waals surface area contributed by atoms with Gasteiger partial charge in [-0.1, -0.05) is 19.9 Å². The number of nitrogens with zero attached hydrogens (tertiary/aromatic N) is 1. The molecule has 0 fully saturated rings. The number of fused-ring (bicyclic) bond motifs is 1. The van der Waals surface area contributed by atoms with Crippen LogP contribution in [-0.4, -0.2) is 9.97 Å². The van der Waals surface area contributed by atoms with Crippen LogP contribution in [-0.2, 0) is 6.42 Å². The van der Waals surface area contributed by atoms with Crippen LogP contribution in [0.4, 0.5) is 0 Å². The molecular formula is C10H16N2. The molecular weight excluding hydrogens is 148 g/mol. The number of aromatic nitrogens is 2. The third kappa shape index (κ3) is 1.76. The van der Waals surface area contributed by atoms with Crippen molar-refractivity contribution in [2.75, 3.05) is 0 Å². The van der Waals surface area contributed by atoms with Gasteiger partial charge in [-0.15, -0.1) is 0 Å². The van der Waals surface area contributed by atoms with E-state index in [1.807, 2.05) is 20.8 Å². The van der Waals surface area contributed by atoms with E-state index < -0.39 is 0 Å². The van der Waals surface area contributed by atoms with Crippen molar-refractivity contribution < 1.29 is 0 Å². The Morgan fingerprint density at radius 3 is 2.83 bits per heavy atom. The Hall–Kier alpha value is -1.05. The van der Waals surface area contributed by atoms with Gasteiger partial charge in [0.2, 0.25) is 0 Å². The molecule has 0 saturated heterocycles. The third-order valence-electron chi connectivity index (χ3n) is 1.77. The van der Waals surface area contributed by atoms with Crippen molar-refractivity contribution in [3.63, 3.8) is 0 Å². The molecule has 66 valence electrons. The lowest BCUT2D eigenvalue weighted by Gasteiger charge is -2.00. The number of rotatable bonds is 0. The lowest BCUT2D eigenvalue weighted by molar-refractivity contribution is 0.938. The molecule has 2 nitrogen and oxygen atoms in total. The van der Waals surface area contributed by atoms with E-state index in [9.17, 15) is 0 Å². The quantitative estimate of drug-likeness (QED) is 0.627. The van der Waals surface area contributed by atoms with E-state index in [4.69, 9.17) is 0 Å². The van der Waals surface area contributed by atoms with Gasteiger partial charge in [0, 0.05) is 5.69 Å². The number of aromatic amines is 1.